The van der Waals surface area contributed by atoms with Crippen LogP contribution in [0.15, 0.2) is 66.7 Å². The van der Waals surface area contributed by atoms with Gasteiger partial charge in [0.15, 0.2) is 0 Å². The van der Waals surface area contributed by atoms with E-state index < -0.39 is 42.3 Å². The summed E-state index contributed by atoms with van der Waals surface area (Å²) in [7, 11) is 0. The number of pyridine rings is 1. The molecule has 0 radical (unpaired) electrons. The highest BCUT2D eigenvalue weighted by Gasteiger charge is 2.40. The van der Waals surface area contributed by atoms with E-state index in [9.17, 15) is 24.3 Å². The Balaban J connectivity index is 1.33. The van der Waals surface area contributed by atoms with Gasteiger partial charge in [-0.15, -0.1) is 0 Å². The zero-order valence-corrected chi connectivity index (χ0v) is 25.7. The molecule has 1 aliphatic heterocycles. The van der Waals surface area contributed by atoms with Gasteiger partial charge in [-0.1, -0.05) is 73.9 Å². The minimum absolute atomic E-state index is 0.0846. The van der Waals surface area contributed by atoms with Gasteiger partial charge in [-0.25, -0.2) is 4.98 Å². The Labute approximate surface area is 263 Å². The van der Waals surface area contributed by atoms with Crippen LogP contribution in [-0.4, -0.2) is 75.8 Å². The number of hydrogen-bond acceptors (Lipinski definition) is 7. The number of benzene rings is 2. The van der Waals surface area contributed by atoms with Gasteiger partial charge in [-0.3, -0.25) is 24.1 Å². The molecule has 3 amide bonds. The molecule has 2 aromatic carbocycles. The third-order valence-electron chi connectivity index (χ3n) is 9.34. The smallest absolute Gasteiger partial charge is 0.270 e. The molecule has 10 heteroatoms. The zero-order chi connectivity index (χ0) is 31.9. The standard InChI is InChI=1S/C35H43N5O5/c1-22(41)31-18-25-12-5-6-13-26(25)20-40(31)21-32(42)29(17-23-9-3-2-4-10-23)38-35(45)30(19-33(36)43)39-34(44)28-16-15-24-11-7-8-14-27(24)37-28/h2-4,7-11,14-16,25-26,29-32,42H,5-6,12-13,17-21H2,1H3,(H2,36,43)(H,38,45)(H,39,44)/t25?,26?,29?,30-,31?,32?/m0/s1. The number of β-amino-alcohol motifs (C(OH)–C–C–N with tert-alkyl or cyclic N) is 1. The first-order chi connectivity index (χ1) is 21.7. The fraction of sp³-hybridized carbons (Fsp3) is 0.457. The van der Waals surface area contributed by atoms with Gasteiger partial charge < -0.3 is 21.5 Å². The van der Waals surface area contributed by atoms with Crippen LogP contribution >= 0.6 is 0 Å². The first-order valence-corrected chi connectivity index (χ1v) is 15.9. The predicted octanol–water partition coefficient (Wildman–Crippen LogP) is 2.77. The normalized spacial score (nSPS) is 22.0. The number of ketones is 1. The molecule has 0 spiro atoms. The minimum Gasteiger partial charge on any atom is -0.390 e. The molecular formula is C35H43N5O5. The van der Waals surface area contributed by atoms with Crippen molar-refractivity contribution in [3.63, 3.8) is 0 Å². The van der Waals surface area contributed by atoms with Crippen molar-refractivity contribution in [3.8, 4) is 0 Å². The number of aliphatic hydroxyl groups is 1. The highest BCUT2D eigenvalue weighted by Crippen LogP contribution is 2.38. The van der Waals surface area contributed by atoms with Crippen LogP contribution in [0.25, 0.3) is 10.9 Å². The quantitative estimate of drug-likeness (QED) is 0.245. The number of likely N-dealkylation sites (tertiary alicyclic amines) is 1. The summed E-state index contributed by atoms with van der Waals surface area (Å²) in [4.78, 5) is 58.0. The summed E-state index contributed by atoms with van der Waals surface area (Å²) < 4.78 is 0. The number of fused-ring (bicyclic) bond motifs is 2. The lowest BCUT2D eigenvalue weighted by molar-refractivity contribution is -0.129. The van der Waals surface area contributed by atoms with Crippen LogP contribution in [-0.2, 0) is 20.8 Å². The molecule has 1 saturated carbocycles. The van der Waals surface area contributed by atoms with E-state index in [-0.39, 0.29) is 24.1 Å². The summed E-state index contributed by atoms with van der Waals surface area (Å²) in [6.45, 7) is 2.55. The van der Waals surface area contributed by atoms with E-state index >= 15 is 0 Å². The van der Waals surface area contributed by atoms with E-state index in [1.807, 2.05) is 48.5 Å². The summed E-state index contributed by atoms with van der Waals surface area (Å²) in [5.41, 5.74) is 7.09. The van der Waals surface area contributed by atoms with Crippen molar-refractivity contribution < 1.29 is 24.3 Å². The molecule has 5 rings (SSSR count). The van der Waals surface area contributed by atoms with Gasteiger partial charge in [0.05, 0.1) is 30.1 Å². The van der Waals surface area contributed by atoms with Crippen molar-refractivity contribution in [1.29, 1.82) is 0 Å². The van der Waals surface area contributed by atoms with Gasteiger partial charge in [0.2, 0.25) is 11.8 Å². The third-order valence-corrected chi connectivity index (χ3v) is 9.34. The lowest BCUT2D eigenvalue weighted by atomic mass is 9.72. The van der Waals surface area contributed by atoms with Crippen LogP contribution in [0.4, 0.5) is 0 Å². The van der Waals surface area contributed by atoms with Crippen LogP contribution in [0.1, 0.15) is 61.5 Å². The highest BCUT2D eigenvalue weighted by atomic mass is 16.3. The second kappa shape index (κ2) is 14.8. The van der Waals surface area contributed by atoms with Crippen LogP contribution in [0.5, 0.6) is 0 Å². The third kappa shape index (κ3) is 8.32. The summed E-state index contributed by atoms with van der Waals surface area (Å²) >= 11 is 0. The molecule has 5 unspecified atom stereocenters. The van der Waals surface area contributed by atoms with Crippen molar-refractivity contribution in [3.05, 3.63) is 78.0 Å². The van der Waals surface area contributed by atoms with Crippen molar-refractivity contribution >= 4 is 34.4 Å². The molecule has 1 aliphatic carbocycles. The summed E-state index contributed by atoms with van der Waals surface area (Å²) in [6.07, 6.45) is 4.27. The first kappa shape index (κ1) is 32.2. The Kier molecular flexibility index (Phi) is 10.6. The molecule has 2 aliphatic rings. The number of piperidine rings is 1. The minimum atomic E-state index is -1.28. The number of aliphatic hydroxyl groups excluding tert-OH is 1. The monoisotopic (exact) mass is 613 g/mol. The molecule has 2 fully saturated rings. The fourth-order valence-electron chi connectivity index (χ4n) is 6.96. The number of Topliss-reactive ketones (excluding diaryl/α,β-unsaturated/α-hetero) is 1. The molecule has 45 heavy (non-hydrogen) atoms. The van der Waals surface area contributed by atoms with Gasteiger partial charge in [-0.05, 0) is 55.7 Å². The Morgan fingerprint density at radius 3 is 2.40 bits per heavy atom. The molecule has 0 bridgehead atoms. The molecule has 2 heterocycles. The van der Waals surface area contributed by atoms with Crippen molar-refractivity contribution in [2.75, 3.05) is 13.1 Å². The number of rotatable bonds is 12. The molecule has 5 N–H and O–H groups in total. The lowest BCUT2D eigenvalue weighted by Gasteiger charge is -2.46. The largest absolute Gasteiger partial charge is 0.390 e. The number of para-hydroxylation sites is 1. The molecule has 6 atom stereocenters. The molecular weight excluding hydrogens is 570 g/mol. The van der Waals surface area contributed by atoms with Crippen LogP contribution in [0, 0.1) is 11.8 Å². The SMILES string of the molecule is CC(=O)C1CC2CCCCC2CN1CC(O)C(Cc1ccccc1)NC(=O)[C@H](CC(N)=O)NC(=O)c1ccc2ccccc2n1. The maximum absolute atomic E-state index is 13.7. The fourth-order valence-corrected chi connectivity index (χ4v) is 6.96. The van der Waals surface area contributed by atoms with Gasteiger partial charge in [-0.2, -0.15) is 0 Å². The van der Waals surface area contributed by atoms with E-state index in [1.165, 1.54) is 12.8 Å². The predicted molar refractivity (Wildman–Crippen MR) is 171 cm³/mol. The number of carbonyl (C=O) groups is 4. The van der Waals surface area contributed by atoms with Gasteiger partial charge in [0.1, 0.15) is 17.5 Å². The van der Waals surface area contributed by atoms with E-state index in [0.29, 0.717) is 23.8 Å². The highest BCUT2D eigenvalue weighted by molar-refractivity contribution is 5.99. The first-order valence-electron chi connectivity index (χ1n) is 15.9. The van der Waals surface area contributed by atoms with Crippen LogP contribution in [0.2, 0.25) is 0 Å². The lowest BCUT2D eigenvalue weighted by Crippen LogP contribution is -2.58. The topological polar surface area (TPSA) is 155 Å². The average molecular weight is 614 g/mol. The number of amides is 3. The van der Waals surface area contributed by atoms with E-state index in [0.717, 1.165) is 36.8 Å². The van der Waals surface area contributed by atoms with Crippen LogP contribution in [0.3, 0.4) is 0 Å². The van der Waals surface area contributed by atoms with E-state index in [2.05, 4.69) is 20.5 Å². The number of primary amides is 1. The number of aromatic nitrogens is 1. The number of nitrogens with two attached hydrogens (primary N) is 1. The van der Waals surface area contributed by atoms with Gasteiger partial charge in [0.25, 0.3) is 5.91 Å². The van der Waals surface area contributed by atoms with Gasteiger partial charge >= 0.3 is 0 Å². The molecule has 10 nitrogen and oxygen atoms in total. The molecule has 1 saturated heterocycles. The van der Waals surface area contributed by atoms with Crippen molar-refractivity contribution in [2.45, 2.75) is 76.1 Å². The van der Waals surface area contributed by atoms with Crippen LogP contribution < -0.4 is 16.4 Å². The molecule has 3 aromatic rings. The van der Waals surface area contributed by atoms with Crippen molar-refractivity contribution in [1.82, 2.24) is 20.5 Å². The average Bonchev–Trinajstić information content (AvgIpc) is 3.03. The zero-order valence-electron chi connectivity index (χ0n) is 25.7. The Morgan fingerprint density at radius 2 is 1.67 bits per heavy atom. The number of nitrogens with zero attached hydrogens (tertiary/aromatic N) is 2. The summed E-state index contributed by atoms with van der Waals surface area (Å²) in [5, 5.41) is 18.0. The Morgan fingerprint density at radius 1 is 0.956 bits per heavy atom. The number of carbonyl (C=O) groups excluding carboxylic acids is 4. The Hall–Kier alpha value is -4.15. The number of hydrogen-bond donors (Lipinski definition) is 4. The summed E-state index contributed by atoms with van der Waals surface area (Å²) in [6, 6.07) is 17.8. The van der Waals surface area contributed by atoms with E-state index in [4.69, 9.17) is 5.73 Å². The van der Waals surface area contributed by atoms with Gasteiger partial charge in [0, 0.05) is 18.5 Å². The second-order valence-corrected chi connectivity index (χ2v) is 12.6. The summed E-state index contributed by atoms with van der Waals surface area (Å²) in [5.74, 6) is -0.930. The second-order valence-electron chi connectivity index (χ2n) is 12.6. The maximum Gasteiger partial charge on any atom is 0.270 e. The maximum atomic E-state index is 13.7. The van der Waals surface area contributed by atoms with E-state index in [1.54, 1.807) is 25.1 Å². The Bertz CT molecular complexity index is 1510. The van der Waals surface area contributed by atoms with Crippen molar-refractivity contribution in [2.24, 2.45) is 17.6 Å². The molecule has 1 aromatic heterocycles. The number of nitrogens with one attached hydrogen (secondary N) is 2. The molecule has 238 valence electrons.